The zero-order valence-corrected chi connectivity index (χ0v) is 12.2. The van der Waals surface area contributed by atoms with Crippen LogP contribution in [0.4, 0.5) is 0 Å². The molecule has 0 heterocycles. The van der Waals surface area contributed by atoms with Gasteiger partial charge in [0.05, 0.1) is 17.7 Å². The van der Waals surface area contributed by atoms with Crippen LogP contribution in [0.2, 0.25) is 5.02 Å². The molecule has 0 unspecified atom stereocenters. The van der Waals surface area contributed by atoms with Crippen LogP contribution >= 0.6 is 27.5 Å². The summed E-state index contributed by atoms with van der Waals surface area (Å²) in [6.45, 7) is -0.00997. The van der Waals surface area contributed by atoms with Gasteiger partial charge in [-0.3, -0.25) is 4.79 Å². The number of halogens is 2. The van der Waals surface area contributed by atoms with Gasteiger partial charge < -0.3 is 10.4 Å². The number of aliphatic hydroxyl groups excluding tert-OH is 1. The van der Waals surface area contributed by atoms with Crippen molar-refractivity contribution in [3.8, 4) is 0 Å². The molecule has 0 radical (unpaired) electrons. The Bertz CT molecular complexity index is 458. The fourth-order valence-corrected chi connectivity index (χ4v) is 3.22. The van der Waals surface area contributed by atoms with Crippen LogP contribution in [0.15, 0.2) is 22.7 Å². The predicted octanol–water partition coefficient (Wildman–Crippen LogP) is 3.14. The minimum atomic E-state index is -0.448. The highest BCUT2D eigenvalue weighted by Crippen LogP contribution is 2.30. The zero-order chi connectivity index (χ0) is 13.2. The summed E-state index contributed by atoms with van der Waals surface area (Å²) in [5.74, 6) is -0.172. The van der Waals surface area contributed by atoms with E-state index in [1.807, 2.05) is 0 Å². The molecule has 0 aromatic heterocycles. The Morgan fingerprint density at radius 2 is 2.11 bits per heavy atom. The number of carbonyl (C=O) groups is 1. The Morgan fingerprint density at radius 1 is 1.44 bits per heavy atom. The first-order chi connectivity index (χ1) is 8.56. The summed E-state index contributed by atoms with van der Waals surface area (Å²) in [6.07, 6.45) is 3.76. The van der Waals surface area contributed by atoms with Crippen LogP contribution in [0.3, 0.4) is 0 Å². The lowest BCUT2D eigenvalue weighted by molar-refractivity contribution is 0.0837. The van der Waals surface area contributed by atoms with Gasteiger partial charge in [0, 0.05) is 9.50 Å². The fraction of sp³-hybridized carbons (Fsp3) is 0.462. The Morgan fingerprint density at radius 3 is 2.67 bits per heavy atom. The number of hydrogen-bond acceptors (Lipinski definition) is 2. The van der Waals surface area contributed by atoms with E-state index in [0.717, 1.165) is 25.7 Å². The topological polar surface area (TPSA) is 49.3 Å². The van der Waals surface area contributed by atoms with Gasteiger partial charge in [-0.2, -0.15) is 0 Å². The van der Waals surface area contributed by atoms with Crippen LogP contribution in [0.5, 0.6) is 0 Å². The first kappa shape index (κ1) is 13.8. The lowest BCUT2D eigenvalue weighted by Crippen LogP contribution is -2.49. The molecule has 0 spiro atoms. The molecule has 1 aromatic carbocycles. The number of aliphatic hydroxyl groups is 1. The number of benzene rings is 1. The molecule has 5 heteroatoms. The standard InChI is InChI=1S/C13H15BrClNO2/c14-11-7-9(15)3-4-10(11)12(18)16-13(8-17)5-1-2-6-13/h3-4,7,17H,1-2,5-6,8H2,(H,16,18). The van der Waals surface area contributed by atoms with Crippen molar-refractivity contribution in [2.24, 2.45) is 0 Å². The van der Waals surface area contributed by atoms with Crippen LogP contribution < -0.4 is 5.32 Å². The third kappa shape index (κ3) is 2.87. The average Bonchev–Trinajstić information content (AvgIpc) is 2.78. The molecule has 1 aliphatic rings. The van der Waals surface area contributed by atoms with E-state index in [1.165, 1.54) is 0 Å². The summed E-state index contributed by atoms with van der Waals surface area (Å²) in [5, 5.41) is 13.0. The van der Waals surface area contributed by atoms with Gasteiger partial charge in [-0.1, -0.05) is 24.4 Å². The van der Waals surface area contributed by atoms with Gasteiger partial charge in [0.25, 0.3) is 5.91 Å². The number of amides is 1. The minimum absolute atomic E-state index is 0.00997. The zero-order valence-electron chi connectivity index (χ0n) is 9.88. The van der Waals surface area contributed by atoms with E-state index >= 15 is 0 Å². The maximum absolute atomic E-state index is 12.2. The van der Waals surface area contributed by atoms with E-state index in [1.54, 1.807) is 18.2 Å². The number of hydrogen-bond donors (Lipinski definition) is 2. The molecule has 98 valence electrons. The van der Waals surface area contributed by atoms with E-state index in [-0.39, 0.29) is 12.5 Å². The van der Waals surface area contributed by atoms with E-state index in [9.17, 15) is 9.90 Å². The maximum atomic E-state index is 12.2. The SMILES string of the molecule is O=C(NC1(CO)CCCC1)c1ccc(Cl)cc1Br. The highest BCUT2D eigenvalue weighted by atomic mass is 79.9. The van der Waals surface area contributed by atoms with Crippen LogP contribution in [-0.4, -0.2) is 23.2 Å². The van der Waals surface area contributed by atoms with Crippen molar-refractivity contribution < 1.29 is 9.90 Å². The van der Waals surface area contributed by atoms with E-state index in [2.05, 4.69) is 21.2 Å². The summed E-state index contributed by atoms with van der Waals surface area (Å²) in [5.41, 5.74) is 0.0926. The molecular formula is C13H15BrClNO2. The second kappa shape index (κ2) is 5.59. The van der Waals surface area contributed by atoms with Crippen LogP contribution in [0, 0.1) is 0 Å². The second-order valence-corrected chi connectivity index (χ2v) is 6.01. The number of nitrogens with one attached hydrogen (secondary N) is 1. The smallest absolute Gasteiger partial charge is 0.252 e. The molecule has 1 aliphatic carbocycles. The minimum Gasteiger partial charge on any atom is -0.394 e. The first-order valence-electron chi connectivity index (χ1n) is 5.95. The molecule has 18 heavy (non-hydrogen) atoms. The molecule has 0 saturated heterocycles. The van der Waals surface area contributed by atoms with Crippen molar-refractivity contribution in [1.29, 1.82) is 0 Å². The van der Waals surface area contributed by atoms with Crippen molar-refractivity contribution in [2.75, 3.05) is 6.61 Å². The molecule has 2 N–H and O–H groups in total. The number of rotatable bonds is 3. The van der Waals surface area contributed by atoms with E-state index in [4.69, 9.17) is 11.6 Å². The van der Waals surface area contributed by atoms with Crippen molar-refractivity contribution in [3.63, 3.8) is 0 Å². The number of carbonyl (C=O) groups excluding carboxylic acids is 1. The summed E-state index contributed by atoms with van der Waals surface area (Å²) in [7, 11) is 0. The van der Waals surface area contributed by atoms with E-state index in [0.29, 0.717) is 15.1 Å². The molecule has 1 amide bonds. The van der Waals surface area contributed by atoms with Gasteiger partial charge in [-0.05, 0) is 47.0 Å². The molecule has 0 aliphatic heterocycles. The molecule has 1 fully saturated rings. The Labute approximate surface area is 120 Å². The third-order valence-electron chi connectivity index (χ3n) is 3.42. The molecule has 1 saturated carbocycles. The normalized spacial score (nSPS) is 17.7. The highest BCUT2D eigenvalue weighted by Gasteiger charge is 2.35. The van der Waals surface area contributed by atoms with Gasteiger partial charge in [-0.15, -0.1) is 0 Å². The second-order valence-electron chi connectivity index (χ2n) is 4.72. The average molecular weight is 333 g/mol. The molecule has 1 aromatic rings. The van der Waals surface area contributed by atoms with Gasteiger partial charge in [-0.25, -0.2) is 0 Å². The predicted molar refractivity (Wildman–Crippen MR) is 74.9 cm³/mol. The van der Waals surface area contributed by atoms with Gasteiger partial charge in [0.15, 0.2) is 0 Å². The van der Waals surface area contributed by atoms with Crippen LogP contribution in [0.25, 0.3) is 0 Å². The van der Waals surface area contributed by atoms with Gasteiger partial charge >= 0.3 is 0 Å². The van der Waals surface area contributed by atoms with E-state index < -0.39 is 5.54 Å². The Hall–Kier alpha value is -0.580. The molecule has 3 nitrogen and oxygen atoms in total. The lowest BCUT2D eigenvalue weighted by Gasteiger charge is -2.28. The van der Waals surface area contributed by atoms with Crippen molar-refractivity contribution in [3.05, 3.63) is 33.3 Å². The molecular weight excluding hydrogens is 318 g/mol. The Balaban J connectivity index is 2.16. The fourth-order valence-electron chi connectivity index (χ4n) is 2.36. The van der Waals surface area contributed by atoms with Gasteiger partial charge in [0.1, 0.15) is 0 Å². The molecule has 0 bridgehead atoms. The van der Waals surface area contributed by atoms with Crippen LogP contribution in [0.1, 0.15) is 36.0 Å². The van der Waals surface area contributed by atoms with Crippen molar-refractivity contribution in [1.82, 2.24) is 5.32 Å². The summed E-state index contributed by atoms with van der Waals surface area (Å²) in [4.78, 5) is 12.2. The quantitative estimate of drug-likeness (QED) is 0.893. The van der Waals surface area contributed by atoms with Crippen molar-refractivity contribution in [2.45, 2.75) is 31.2 Å². The molecule has 2 rings (SSSR count). The third-order valence-corrected chi connectivity index (χ3v) is 4.31. The largest absolute Gasteiger partial charge is 0.394 e. The van der Waals surface area contributed by atoms with Crippen LogP contribution in [-0.2, 0) is 0 Å². The summed E-state index contributed by atoms with van der Waals surface area (Å²) in [6, 6.07) is 5.06. The Kier molecular flexibility index (Phi) is 4.30. The summed E-state index contributed by atoms with van der Waals surface area (Å²) >= 11 is 9.17. The maximum Gasteiger partial charge on any atom is 0.252 e. The molecule has 0 atom stereocenters. The highest BCUT2D eigenvalue weighted by molar-refractivity contribution is 9.10. The monoisotopic (exact) mass is 331 g/mol. The van der Waals surface area contributed by atoms with Gasteiger partial charge in [0.2, 0.25) is 0 Å². The first-order valence-corrected chi connectivity index (χ1v) is 7.12. The van der Waals surface area contributed by atoms with Crippen molar-refractivity contribution >= 4 is 33.4 Å². The lowest BCUT2D eigenvalue weighted by atomic mass is 9.98. The summed E-state index contributed by atoms with van der Waals surface area (Å²) < 4.78 is 0.665.